The van der Waals surface area contributed by atoms with E-state index in [1.165, 1.54) is 6.07 Å². The van der Waals surface area contributed by atoms with Crippen LogP contribution in [-0.2, 0) is 5.54 Å². The first-order valence-electron chi connectivity index (χ1n) is 6.81. The minimum Gasteiger partial charge on any atom is -0.303 e. The van der Waals surface area contributed by atoms with Crippen molar-refractivity contribution in [3.05, 3.63) is 34.1 Å². The summed E-state index contributed by atoms with van der Waals surface area (Å²) in [7, 11) is 0. The Bertz CT molecular complexity index is 482. The SMILES string of the molecule is CCN(CC)CCNC(C)(C#N)c1cc(Br)ccc1F. The quantitative estimate of drug-likeness (QED) is 0.827. The molecule has 0 aliphatic rings. The standard InChI is InChI=1S/C15H21BrFN3/c1-4-20(5-2)9-8-19-15(3,11-18)13-10-12(16)6-7-14(13)17/h6-7,10,19H,4-5,8-9H2,1-3H3. The lowest BCUT2D eigenvalue weighted by molar-refractivity contribution is 0.288. The van der Waals surface area contributed by atoms with Gasteiger partial charge in [0, 0.05) is 23.1 Å². The average Bonchev–Trinajstić information content (AvgIpc) is 2.46. The van der Waals surface area contributed by atoms with Crippen LogP contribution in [0.5, 0.6) is 0 Å². The van der Waals surface area contributed by atoms with Crippen molar-refractivity contribution in [1.29, 1.82) is 5.26 Å². The maximum Gasteiger partial charge on any atom is 0.132 e. The summed E-state index contributed by atoms with van der Waals surface area (Å²) in [6, 6.07) is 6.85. The highest BCUT2D eigenvalue weighted by Crippen LogP contribution is 2.26. The molecule has 1 aromatic carbocycles. The summed E-state index contributed by atoms with van der Waals surface area (Å²) in [5.74, 6) is -0.368. The van der Waals surface area contributed by atoms with Crippen molar-refractivity contribution < 1.29 is 4.39 Å². The van der Waals surface area contributed by atoms with E-state index in [1.807, 2.05) is 0 Å². The van der Waals surface area contributed by atoms with Crippen LogP contribution < -0.4 is 5.32 Å². The monoisotopic (exact) mass is 341 g/mol. The van der Waals surface area contributed by atoms with Crippen LogP contribution in [0.4, 0.5) is 4.39 Å². The second-order valence-electron chi connectivity index (χ2n) is 4.81. The normalized spacial score (nSPS) is 14.1. The number of halogens is 2. The lowest BCUT2D eigenvalue weighted by Gasteiger charge is -2.26. The van der Waals surface area contributed by atoms with Crippen molar-refractivity contribution in [3.63, 3.8) is 0 Å². The third kappa shape index (κ3) is 4.27. The van der Waals surface area contributed by atoms with Gasteiger partial charge in [0.2, 0.25) is 0 Å². The Labute approximate surface area is 128 Å². The molecular formula is C15H21BrFN3. The number of rotatable bonds is 7. The van der Waals surface area contributed by atoms with E-state index < -0.39 is 5.54 Å². The van der Waals surface area contributed by atoms with E-state index in [4.69, 9.17) is 0 Å². The number of nitrogens with one attached hydrogen (secondary N) is 1. The van der Waals surface area contributed by atoms with Crippen LogP contribution in [-0.4, -0.2) is 31.1 Å². The Hall–Kier alpha value is -0.960. The van der Waals surface area contributed by atoms with Crippen molar-refractivity contribution in [3.8, 4) is 6.07 Å². The smallest absolute Gasteiger partial charge is 0.132 e. The molecule has 5 heteroatoms. The fourth-order valence-corrected chi connectivity index (χ4v) is 2.44. The van der Waals surface area contributed by atoms with Gasteiger partial charge in [0.15, 0.2) is 0 Å². The van der Waals surface area contributed by atoms with Crippen LogP contribution in [0.3, 0.4) is 0 Å². The number of benzene rings is 1. The first-order chi connectivity index (χ1) is 9.46. The molecule has 0 aliphatic heterocycles. The highest BCUT2D eigenvalue weighted by atomic mass is 79.9. The Kier molecular flexibility index (Phi) is 6.60. The van der Waals surface area contributed by atoms with Crippen LogP contribution in [0.2, 0.25) is 0 Å². The largest absolute Gasteiger partial charge is 0.303 e. The van der Waals surface area contributed by atoms with Crippen LogP contribution >= 0.6 is 15.9 Å². The molecule has 0 fully saturated rings. The number of nitriles is 1. The van der Waals surface area contributed by atoms with E-state index in [9.17, 15) is 9.65 Å². The molecule has 1 N–H and O–H groups in total. The van der Waals surface area contributed by atoms with Gasteiger partial charge in [-0.15, -0.1) is 0 Å². The second kappa shape index (κ2) is 7.72. The first-order valence-corrected chi connectivity index (χ1v) is 7.60. The summed E-state index contributed by atoms with van der Waals surface area (Å²) >= 11 is 3.32. The van der Waals surface area contributed by atoms with E-state index in [2.05, 4.69) is 46.1 Å². The van der Waals surface area contributed by atoms with Gasteiger partial charge in [0.25, 0.3) is 0 Å². The van der Waals surface area contributed by atoms with E-state index in [0.717, 1.165) is 24.1 Å². The molecule has 0 saturated heterocycles. The van der Waals surface area contributed by atoms with Crippen molar-refractivity contribution in [2.75, 3.05) is 26.2 Å². The molecule has 0 bridgehead atoms. The van der Waals surface area contributed by atoms with Crippen molar-refractivity contribution >= 4 is 15.9 Å². The number of nitrogens with zero attached hydrogens (tertiary/aromatic N) is 2. The predicted molar refractivity (Wildman–Crippen MR) is 82.9 cm³/mol. The topological polar surface area (TPSA) is 39.1 Å². The Morgan fingerprint density at radius 1 is 1.40 bits per heavy atom. The molecule has 110 valence electrons. The molecule has 0 aliphatic carbocycles. The summed E-state index contributed by atoms with van der Waals surface area (Å²) in [4.78, 5) is 2.25. The molecule has 20 heavy (non-hydrogen) atoms. The van der Waals surface area contributed by atoms with Gasteiger partial charge in [-0.25, -0.2) is 4.39 Å². The molecule has 0 saturated carbocycles. The maximum absolute atomic E-state index is 13.9. The zero-order valence-electron chi connectivity index (χ0n) is 12.2. The first kappa shape index (κ1) is 17.1. The minimum atomic E-state index is -1.03. The van der Waals surface area contributed by atoms with Gasteiger partial charge in [-0.3, -0.25) is 5.32 Å². The Balaban J connectivity index is 2.82. The molecule has 0 spiro atoms. The molecule has 0 amide bonds. The molecule has 1 unspecified atom stereocenters. The van der Waals surface area contributed by atoms with Gasteiger partial charge in [-0.05, 0) is 38.2 Å². The number of likely N-dealkylation sites (N-methyl/N-ethyl adjacent to an activating group) is 1. The molecule has 1 atom stereocenters. The maximum atomic E-state index is 13.9. The zero-order chi connectivity index (χ0) is 15.2. The van der Waals surface area contributed by atoms with E-state index >= 15 is 0 Å². The van der Waals surface area contributed by atoms with E-state index in [-0.39, 0.29) is 5.82 Å². The van der Waals surface area contributed by atoms with Crippen molar-refractivity contribution in [1.82, 2.24) is 10.2 Å². The molecular weight excluding hydrogens is 321 g/mol. The minimum absolute atomic E-state index is 0.368. The molecule has 0 radical (unpaired) electrons. The Morgan fingerprint density at radius 2 is 2.05 bits per heavy atom. The Morgan fingerprint density at radius 3 is 2.60 bits per heavy atom. The average molecular weight is 342 g/mol. The fourth-order valence-electron chi connectivity index (χ4n) is 2.08. The molecule has 1 aromatic rings. The van der Waals surface area contributed by atoms with E-state index in [1.54, 1.807) is 19.1 Å². The lowest BCUT2D eigenvalue weighted by Crippen LogP contribution is -2.43. The lowest BCUT2D eigenvalue weighted by atomic mass is 9.93. The highest BCUT2D eigenvalue weighted by Gasteiger charge is 2.29. The molecule has 0 heterocycles. The van der Waals surface area contributed by atoms with Crippen LogP contribution in [0, 0.1) is 17.1 Å². The number of hydrogen-bond donors (Lipinski definition) is 1. The highest BCUT2D eigenvalue weighted by molar-refractivity contribution is 9.10. The van der Waals surface area contributed by atoms with Gasteiger partial charge >= 0.3 is 0 Å². The van der Waals surface area contributed by atoms with Gasteiger partial charge < -0.3 is 4.90 Å². The molecule has 0 aromatic heterocycles. The predicted octanol–water partition coefficient (Wildman–Crippen LogP) is 3.26. The summed E-state index contributed by atoms with van der Waals surface area (Å²) < 4.78 is 14.7. The molecule has 1 rings (SSSR count). The van der Waals surface area contributed by atoms with Gasteiger partial charge in [-0.1, -0.05) is 29.8 Å². The summed E-state index contributed by atoms with van der Waals surface area (Å²) in [5, 5.41) is 12.6. The third-order valence-electron chi connectivity index (χ3n) is 3.49. The van der Waals surface area contributed by atoms with Gasteiger partial charge in [0.1, 0.15) is 11.4 Å². The van der Waals surface area contributed by atoms with Crippen molar-refractivity contribution in [2.45, 2.75) is 26.3 Å². The van der Waals surface area contributed by atoms with Gasteiger partial charge in [-0.2, -0.15) is 5.26 Å². The van der Waals surface area contributed by atoms with E-state index in [0.29, 0.717) is 12.1 Å². The fraction of sp³-hybridized carbons (Fsp3) is 0.533. The number of hydrogen-bond acceptors (Lipinski definition) is 3. The zero-order valence-corrected chi connectivity index (χ0v) is 13.8. The van der Waals surface area contributed by atoms with Gasteiger partial charge in [0.05, 0.1) is 6.07 Å². The second-order valence-corrected chi connectivity index (χ2v) is 5.73. The third-order valence-corrected chi connectivity index (χ3v) is 3.98. The summed E-state index contributed by atoms with van der Waals surface area (Å²) in [6.07, 6.45) is 0. The van der Waals surface area contributed by atoms with Crippen LogP contribution in [0.25, 0.3) is 0 Å². The summed E-state index contributed by atoms with van der Waals surface area (Å²) in [5.41, 5.74) is -0.657. The summed E-state index contributed by atoms with van der Waals surface area (Å²) in [6.45, 7) is 9.30. The van der Waals surface area contributed by atoms with Crippen LogP contribution in [0.15, 0.2) is 22.7 Å². The van der Waals surface area contributed by atoms with Crippen LogP contribution in [0.1, 0.15) is 26.3 Å². The molecule has 3 nitrogen and oxygen atoms in total. The van der Waals surface area contributed by atoms with Crippen molar-refractivity contribution in [2.24, 2.45) is 0 Å².